The summed E-state index contributed by atoms with van der Waals surface area (Å²) < 4.78 is 26.5. The largest absolute Gasteiger partial charge is 0.323 e. The van der Waals surface area contributed by atoms with E-state index >= 15 is 0 Å². The first-order valence-electron chi connectivity index (χ1n) is 5.51. The summed E-state index contributed by atoms with van der Waals surface area (Å²) in [5.74, 6) is -1.21. The maximum atomic E-state index is 13.6. The molecule has 0 radical (unpaired) electrons. The molecule has 0 aromatic heterocycles. The molecule has 2 amide bonds. The Labute approximate surface area is 98.6 Å². The molecule has 1 aromatic rings. The highest BCUT2D eigenvalue weighted by Gasteiger charge is 2.35. The molecule has 0 N–H and O–H groups in total. The summed E-state index contributed by atoms with van der Waals surface area (Å²) >= 11 is 0. The Kier molecular flexibility index (Phi) is 3.00. The van der Waals surface area contributed by atoms with Crippen molar-refractivity contribution in [3.05, 3.63) is 35.4 Å². The van der Waals surface area contributed by atoms with Crippen molar-refractivity contribution < 1.29 is 13.6 Å². The van der Waals surface area contributed by atoms with E-state index in [0.29, 0.717) is 18.7 Å². The molecule has 0 spiro atoms. The van der Waals surface area contributed by atoms with E-state index in [0.717, 1.165) is 6.07 Å². The Hall–Kier alpha value is -1.65. The number of hydrogen-bond acceptors (Lipinski definition) is 1. The third-order valence-corrected chi connectivity index (χ3v) is 3.14. The first-order chi connectivity index (χ1) is 8.04. The van der Waals surface area contributed by atoms with Crippen LogP contribution in [-0.2, 0) is 0 Å². The van der Waals surface area contributed by atoms with Gasteiger partial charge in [0.05, 0.1) is 6.04 Å². The minimum Gasteiger partial charge on any atom is -0.323 e. The van der Waals surface area contributed by atoms with Gasteiger partial charge in [0.15, 0.2) is 0 Å². The predicted octanol–water partition coefficient (Wildman–Crippen LogP) is 2.39. The van der Waals surface area contributed by atoms with Crippen LogP contribution >= 0.6 is 0 Å². The Morgan fingerprint density at radius 1 is 1.41 bits per heavy atom. The van der Waals surface area contributed by atoms with Crippen LogP contribution in [0.15, 0.2) is 18.2 Å². The van der Waals surface area contributed by atoms with Gasteiger partial charge in [-0.1, -0.05) is 6.07 Å². The molecule has 2 rings (SSSR count). The molecule has 1 aliphatic rings. The van der Waals surface area contributed by atoms with Crippen LogP contribution in [0.5, 0.6) is 0 Å². The monoisotopic (exact) mass is 240 g/mol. The molecule has 3 nitrogen and oxygen atoms in total. The van der Waals surface area contributed by atoms with E-state index in [9.17, 15) is 13.6 Å². The molecule has 0 aliphatic carbocycles. The topological polar surface area (TPSA) is 23.6 Å². The number of likely N-dealkylation sites (N-methyl/N-ethyl adjacent to an activating group) is 2. The van der Waals surface area contributed by atoms with Gasteiger partial charge in [-0.2, -0.15) is 0 Å². The molecular formula is C12H14F2N2O. The quantitative estimate of drug-likeness (QED) is 0.778. The summed E-state index contributed by atoms with van der Waals surface area (Å²) in [6, 6.07) is 3.00. The second-order valence-corrected chi connectivity index (χ2v) is 4.11. The summed E-state index contributed by atoms with van der Waals surface area (Å²) in [7, 11) is 1.63. The Morgan fingerprint density at radius 3 is 2.65 bits per heavy atom. The van der Waals surface area contributed by atoms with Gasteiger partial charge in [-0.15, -0.1) is 0 Å². The minimum atomic E-state index is -0.606. The first-order valence-corrected chi connectivity index (χ1v) is 5.51. The Bertz CT molecular complexity index is 450. The van der Waals surface area contributed by atoms with Crippen LogP contribution in [0.25, 0.3) is 0 Å². The van der Waals surface area contributed by atoms with Crippen LogP contribution in [-0.4, -0.2) is 36.0 Å². The number of rotatable bonds is 2. The minimum absolute atomic E-state index is 0.124. The van der Waals surface area contributed by atoms with Crippen molar-refractivity contribution in [2.45, 2.75) is 13.0 Å². The van der Waals surface area contributed by atoms with Crippen molar-refractivity contribution in [3.8, 4) is 0 Å². The lowest BCUT2D eigenvalue weighted by Crippen LogP contribution is -2.29. The zero-order chi connectivity index (χ0) is 12.6. The summed E-state index contributed by atoms with van der Waals surface area (Å²) in [4.78, 5) is 14.9. The SMILES string of the molecule is CCN1CC(c2ccc(F)cc2F)N(C)C1=O. The van der Waals surface area contributed by atoms with Crippen LogP contribution in [0.2, 0.25) is 0 Å². The second kappa shape index (κ2) is 4.31. The van der Waals surface area contributed by atoms with Crippen LogP contribution in [0.3, 0.4) is 0 Å². The normalized spacial score (nSPS) is 20.2. The van der Waals surface area contributed by atoms with Crippen LogP contribution in [0.4, 0.5) is 13.6 Å². The van der Waals surface area contributed by atoms with Crippen LogP contribution in [0, 0.1) is 11.6 Å². The maximum Gasteiger partial charge on any atom is 0.320 e. The molecule has 1 fully saturated rings. The number of benzene rings is 1. The maximum absolute atomic E-state index is 13.6. The van der Waals surface area contributed by atoms with E-state index in [-0.39, 0.29) is 12.1 Å². The van der Waals surface area contributed by atoms with Crippen LogP contribution in [0.1, 0.15) is 18.5 Å². The lowest BCUT2D eigenvalue weighted by atomic mass is 10.1. The van der Waals surface area contributed by atoms with E-state index in [2.05, 4.69) is 0 Å². The van der Waals surface area contributed by atoms with Gasteiger partial charge in [0, 0.05) is 31.8 Å². The lowest BCUT2D eigenvalue weighted by molar-refractivity contribution is 0.197. The van der Waals surface area contributed by atoms with Gasteiger partial charge >= 0.3 is 6.03 Å². The van der Waals surface area contributed by atoms with Crippen LogP contribution < -0.4 is 0 Å². The Balaban J connectivity index is 2.32. The second-order valence-electron chi connectivity index (χ2n) is 4.11. The van der Waals surface area contributed by atoms with Crippen molar-refractivity contribution in [1.82, 2.24) is 9.80 Å². The summed E-state index contributed by atoms with van der Waals surface area (Å²) in [6.07, 6.45) is 0. The molecule has 1 aromatic carbocycles. The fourth-order valence-electron chi connectivity index (χ4n) is 2.11. The highest BCUT2D eigenvalue weighted by atomic mass is 19.1. The van der Waals surface area contributed by atoms with Gasteiger partial charge < -0.3 is 9.80 Å². The Morgan fingerprint density at radius 2 is 2.12 bits per heavy atom. The molecule has 0 saturated carbocycles. The number of carbonyl (C=O) groups is 1. The molecule has 5 heteroatoms. The molecule has 92 valence electrons. The third-order valence-electron chi connectivity index (χ3n) is 3.14. The van der Waals surface area contributed by atoms with Gasteiger partial charge in [0.25, 0.3) is 0 Å². The average molecular weight is 240 g/mol. The molecule has 0 bridgehead atoms. The van der Waals surface area contributed by atoms with Gasteiger partial charge in [-0.05, 0) is 13.0 Å². The summed E-state index contributed by atoms with van der Waals surface area (Å²) in [5.41, 5.74) is 0.359. The van der Waals surface area contributed by atoms with Gasteiger partial charge in [0.1, 0.15) is 11.6 Å². The third kappa shape index (κ3) is 1.97. The number of amides is 2. The van der Waals surface area contributed by atoms with Gasteiger partial charge in [0.2, 0.25) is 0 Å². The predicted molar refractivity (Wildman–Crippen MR) is 59.5 cm³/mol. The molecule has 1 heterocycles. The molecule has 17 heavy (non-hydrogen) atoms. The van der Waals surface area contributed by atoms with E-state index in [1.54, 1.807) is 11.9 Å². The fraction of sp³-hybridized carbons (Fsp3) is 0.417. The van der Waals surface area contributed by atoms with E-state index in [4.69, 9.17) is 0 Å². The van der Waals surface area contributed by atoms with E-state index in [1.807, 2.05) is 6.92 Å². The van der Waals surface area contributed by atoms with Crippen molar-refractivity contribution in [3.63, 3.8) is 0 Å². The highest BCUT2D eigenvalue weighted by Crippen LogP contribution is 2.29. The smallest absolute Gasteiger partial charge is 0.320 e. The molecule has 1 unspecified atom stereocenters. The van der Waals surface area contributed by atoms with E-state index in [1.165, 1.54) is 17.0 Å². The van der Waals surface area contributed by atoms with Crippen molar-refractivity contribution in [2.24, 2.45) is 0 Å². The lowest BCUT2D eigenvalue weighted by Gasteiger charge is -2.18. The van der Waals surface area contributed by atoms with Gasteiger partial charge in [-0.3, -0.25) is 0 Å². The highest BCUT2D eigenvalue weighted by molar-refractivity contribution is 5.77. The number of hydrogen-bond donors (Lipinski definition) is 0. The fourth-order valence-corrected chi connectivity index (χ4v) is 2.11. The number of urea groups is 1. The number of halogens is 2. The summed E-state index contributed by atoms with van der Waals surface area (Å²) in [5, 5.41) is 0. The molecular weight excluding hydrogens is 226 g/mol. The van der Waals surface area contributed by atoms with E-state index < -0.39 is 11.6 Å². The molecule has 1 saturated heterocycles. The van der Waals surface area contributed by atoms with Crippen molar-refractivity contribution in [2.75, 3.05) is 20.1 Å². The number of nitrogens with zero attached hydrogens (tertiary/aromatic N) is 2. The molecule has 1 aliphatic heterocycles. The molecule has 1 atom stereocenters. The number of carbonyl (C=O) groups excluding carboxylic acids is 1. The average Bonchev–Trinajstić information content (AvgIpc) is 2.57. The standard InChI is InChI=1S/C12H14F2N2O/c1-3-16-7-11(15(2)12(16)17)9-5-4-8(13)6-10(9)14/h4-6,11H,3,7H2,1-2H3. The summed E-state index contributed by atoms with van der Waals surface area (Å²) in [6.45, 7) is 2.89. The van der Waals surface area contributed by atoms with Crippen molar-refractivity contribution in [1.29, 1.82) is 0 Å². The zero-order valence-electron chi connectivity index (χ0n) is 9.78. The van der Waals surface area contributed by atoms with Crippen molar-refractivity contribution >= 4 is 6.03 Å². The zero-order valence-corrected chi connectivity index (χ0v) is 9.78. The first kappa shape index (κ1) is 11.8. The van der Waals surface area contributed by atoms with Gasteiger partial charge in [-0.25, -0.2) is 13.6 Å².